The van der Waals surface area contributed by atoms with Crippen LogP contribution in [-0.2, 0) is 11.8 Å². The van der Waals surface area contributed by atoms with Gasteiger partial charge in [0.2, 0.25) is 1.43 Å². The second-order valence-electron chi connectivity index (χ2n) is 6.69. The molecule has 5 rings (SSSR count). The Morgan fingerprint density at radius 1 is 1.55 bits per heavy atom. The van der Waals surface area contributed by atoms with Crippen LogP contribution < -0.4 is 9.47 Å². The minimum atomic E-state index is -2.65. The van der Waals surface area contributed by atoms with Crippen LogP contribution in [0.25, 0.3) is 0 Å². The van der Waals surface area contributed by atoms with Crippen LogP contribution in [0.5, 0.6) is 11.5 Å². The van der Waals surface area contributed by atoms with Crippen LogP contribution in [0.3, 0.4) is 0 Å². The number of rotatable bonds is 2. The summed E-state index contributed by atoms with van der Waals surface area (Å²) >= 11 is 0. The summed E-state index contributed by atoms with van der Waals surface area (Å²) in [5.41, 5.74) is 0.627. The lowest BCUT2D eigenvalue weighted by Gasteiger charge is -2.56. The molecule has 1 N–H and O–H groups in total. The zero-order chi connectivity index (χ0) is 20.1. The van der Waals surface area contributed by atoms with Gasteiger partial charge in [-0.25, -0.2) is 0 Å². The number of nitrogens with zero attached hydrogens (tertiary/aromatic N) is 1. The summed E-state index contributed by atoms with van der Waals surface area (Å²) in [6.07, 6.45) is 1.62. The molecule has 0 saturated carbocycles. The van der Waals surface area contributed by atoms with Crippen molar-refractivity contribution in [2.45, 2.75) is 36.5 Å². The predicted molar refractivity (Wildman–Crippen MR) is 82.5 cm³/mol. The van der Waals surface area contributed by atoms with E-state index in [1.165, 1.54) is 6.07 Å². The third-order valence-corrected chi connectivity index (χ3v) is 5.85. The monoisotopic (exact) mass is 305 g/mol. The third kappa shape index (κ3) is 1.28. The van der Waals surface area contributed by atoms with Crippen LogP contribution in [0, 0.1) is 5.92 Å². The molecule has 2 unspecified atom stereocenters. The summed E-state index contributed by atoms with van der Waals surface area (Å²) in [6.45, 7) is 0.669. The summed E-state index contributed by atoms with van der Waals surface area (Å²) in [7, 11) is -0.718. The number of ether oxygens (including phenoxy) is 2. The van der Waals surface area contributed by atoms with Gasteiger partial charge in [0.05, 0.1) is 11.2 Å². The van der Waals surface area contributed by atoms with Crippen LogP contribution in [0.2, 0.25) is 0 Å². The molecular weight excluding hydrogens is 278 g/mol. The van der Waals surface area contributed by atoms with Gasteiger partial charge in [-0.1, -0.05) is 18.2 Å². The summed E-state index contributed by atoms with van der Waals surface area (Å²) in [5.74, 6) is 0.189. The Morgan fingerprint density at radius 3 is 3.36 bits per heavy atom. The maximum absolute atomic E-state index is 8.92. The maximum Gasteiger partial charge on any atom is 0.211 e. The molecule has 4 nitrogen and oxygen atoms in total. The Labute approximate surface area is 138 Å². The second-order valence-corrected chi connectivity index (χ2v) is 6.69. The van der Waals surface area contributed by atoms with Crippen molar-refractivity contribution < 1.29 is 21.4 Å². The summed E-state index contributed by atoms with van der Waals surface area (Å²) in [6, 6.07) is 2.72. The Morgan fingerprint density at radius 2 is 2.50 bits per heavy atom. The van der Waals surface area contributed by atoms with Crippen molar-refractivity contribution in [1.82, 2.24) is 4.90 Å². The number of likely N-dealkylation sites (N-methyl/N-ethyl adjacent to an activating group) is 1. The molecule has 5 atom stereocenters. The number of methoxy groups -OCH3 is 1. The lowest BCUT2D eigenvalue weighted by Crippen LogP contribution is -2.64. The number of likely N-dealkylation sites (tertiary alicyclic amines) is 1. The molecule has 116 valence electrons. The van der Waals surface area contributed by atoms with Crippen LogP contribution in [-0.4, -0.2) is 50.3 Å². The van der Waals surface area contributed by atoms with Crippen molar-refractivity contribution in [1.29, 1.82) is 1.43 Å². The SMILES string of the molecule is [2H]OC1C=C[C@H]2[C@@H]3N(C)CC[C@@]24c2c(ccc(OC([2H])([2H])[2H])c2OC14)C3([2H])[2H]. The van der Waals surface area contributed by atoms with Crippen molar-refractivity contribution in [3.8, 4) is 11.5 Å². The molecule has 0 radical (unpaired) electrons. The van der Waals surface area contributed by atoms with Crippen molar-refractivity contribution in [3.63, 3.8) is 0 Å². The normalized spacial score (nSPS) is 47.9. The van der Waals surface area contributed by atoms with Crippen LogP contribution in [0.15, 0.2) is 24.3 Å². The van der Waals surface area contributed by atoms with Gasteiger partial charge in [0, 0.05) is 25.7 Å². The molecule has 4 heteroatoms. The van der Waals surface area contributed by atoms with Gasteiger partial charge in [0.15, 0.2) is 11.5 Å². The van der Waals surface area contributed by atoms with Gasteiger partial charge in [0.1, 0.15) is 12.2 Å². The van der Waals surface area contributed by atoms with E-state index < -0.39 is 31.0 Å². The van der Waals surface area contributed by atoms with Crippen molar-refractivity contribution >= 4 is 0 Å². The fourth-order valence-corrected chi connectivity index (χ4v) is 4.89. The lowest BCUT2D eigenvalue weighted by molar-refractivity contribution is -0.0453. The van der Waals surface area contributed by atoms with Crippen LogP contribution in [0.4, 0.5) is 0 Å². The summed E-state index contributed by atoms with van der Waals surface area (Å²) < 4.78 is 59.2. The van der Waals surface area contributed by atoms with Crippen molar-refractivity contribution in [2.24, 2.45) is 5.92 Å². The minimum absolute atomic E-state index is 0.0817. The lowest BCUT2D eigenvalue weighted by atomic mass is 9.53. The Hall–Kier alpha value is -1.52. The zero-order valence-electron chi connectivity index (χ0n) is 18.2. The van der Waals surface area contributed by atoms with E-state index in [0.717, 1.165) is 0 Å². The molecule has 22 heavy (non-hydrogen) atoms. The highest BCUT2D eigenvalue weighted by atomic mass is 16.5. The smallest absolute Gasteiger partial charge is 0.211 e. The van der Waals surface area contributed by atoms with Crippen LogP contribution >= 0.6 is 0 Å². The standard InChI is InChI=1S/C18H21NO3/c1-19-8-7-18-11-4-5-13(20)17(18)22-16-14(21-2)6-3-10(15(16)18)9-12(11)19/h3-6,11-13,17,20H,7-9H2,1-2H3/t11-,12+,13?,17?,18-/m0/s1/i2D3,9D2,20D. The molecule has 1 spiro atoms. The Bertz CT molecular complexity index is 872. The Balaban J connectivity index is 1.80. The largest absolute Gasteiger partial charge is 0.493 e. The molecule has 0 amide bonds. The first kappa shape index (κ1) is 8.37. The van der Waals surface area contributed by atoms with E-state index >= 15 is 0 Å². The van der Waals surface area contributed by atoms with E-state index in [4.69, 9.17) is 22.9 Å². The first-order valence-corrected chi connectivity index (χ1v) is 7.65. The molecule has 1 aromatic carbocycles. The fourth-order valence-electron chi connectivity index (χ4n) is 4.89. The van der Waals surface area contributed by atoms with Crippen LogP contribution in [0.1, 0.15) is 24.4 Å². The molecule has 2 aliphatic heterocycles. The topological polar surface area (TPSA) is 41.9 Å². The van der Waals surface area contributed by atoms with E-state index in [9.17, 15) is 0 Å². The highest BCUT2D eigenvalue weighted by Crippen LogP contribution is 2.62. The molecule has 0 aromatic heterocycles. The van der Waals surface area contributed by atoms with Crippen molar-refractivity contribution in [3.05, 3.63) is 35.4 Å². The summed E-state index contributed by atoms with van der Waals surface area (Å²) in [4.78, 5) is 2.05. The molecular formula is C18H21NO3. The van der Waals surface area contributed by atoms with Gasteiger partial charge in [-0.3, -0.25) is 0 Å². The van der Waals surface area contributed by atoms with E-state index in [2.05, 4.69) is 0 Å². The third-order valence-electron chi connectivity index (χ3n) is 5.85. The van der Waals surface area contributed by atoms with E-state index in [0.29, 0.717) is 24.1 Å². The van der Waals surface area contributed by atoms with Gasteiger partial charge >= 0.3 is 0 Å². The van der Waals surface area contributed by atoms with E-state index in [1.807, 2.05) is 18.0 Å². The number of aliphatic hydroxyl groups excluding tert-OH is 1. The molecule has 2 aliphatic carbocycles. The Kier molecular flexibility index (Phi) is 1.54. The maximum atomic E-state index is 8.92. The number of hydrogen-bond acceptors (Lipinski definition) is 4. The van der Waals surface area contributed by atoms with E-state index in [1.54, 1.807) is 12.1 Å². The van der Waals surface area contributed by atoms with Gasteiger partial charge in [-0.15, -0.1) is 0 Å². The van der Waals surface area contributed by atoms with E-state index in [-0.39, 0.29) is 23.5 Å². The number of hydrogen-bond donors (Lipinski definition) is 1. The van der Waals surface area contributed by atoms with Gasteiger partial charge < -0.3 is 19.5 Å². The minimum Gasteiger partial charge on any atom is -0.493 e. The highest BCUT2D eigenvalue weighted by Gasteiger charge is 2.64. The molecule has 1 fully saturated rings. The molecule has 4 aliphatic rings. The molecule has 2 bridgehead atoms. The summed E-state index contributed by atoms with van der Waals surface area (Å²) in [5, 5.41) is 4.93. The van der Waals surface area contributed by atoms with Gasteiger partial charge in [-0.05, 0) is 38.0 Å². The molecule has 1 aromatic rings. The number of benzene rings is 1. The molecule has 1 saturated heterocycles. The average molecular weight is 305 g/mol. The van der Waals surface area contributed by atoms with Crippen molar-refractivity contribution in [2.75, 3.05) is 20.6 Å². The zero-order valence-corrected chi connectivity index (χ0v) is 12.2. The number of aliphatic hydroxyl groups is 1. The average Bonchev–Trinajstić information content (AvgIpc) is 2.95. The van der Waals surface area contributed by atoms with Gasteiger partial charge in [-0.2, -0.15) is 0 Å². The molecule has 2 heterocycles. The second kappa shape index (κ2) is 4.06. The highest BCUT2D eigenvalue weighted by molar-refractivity contribution is 5.62. The number of piperidine rings is 1. The van der Waals surface area contributed by atoms with Gasteiger partial charge in [0.25, 0.3) is 0 Å². The first-order chi connectivity index (χ1) is 13.1. The first-order valence-electron chi connectivity index (χ1n) is 10.6. The fraction of sp³-hybridized carbons (Fsp3) is 0.556. The predicted octanol–water partition coefficient (Wildman–Crippen LogP) is 1.50. The quantitative estimate of drug-likeness (QED) is 0.841.